The largest absolute Gasteiger partial charge is 0.332 e. The third kappa shape index (κ3) is 2.66. The van der Waals surface area contributed by atoms with E-state index in [1.807, 2.05) is 18.4 Å². The molecule has 1 aromatic heterocycles. The van der Waals surface area contributed by atoms with Crippen molar-refractivity contribution in [1.29, 1.82) is 0 Å². The molecule has 0 saturated carbocycles. The van der Waals surface area contributed by atoms with E-state index in [0.717, 1.165) is 13.0 Å². The second-order valence-corrected chi connectivity index (χ2v) is 4.99. The van der Waals surface area contributed by atoms with Crippen LogP contribution in [0.1, 0.15) is 33.0 Å². The van der Waals surface area contributed by atoms with Gasteiger partial charge in [0, 0.05) is 13.1 Å². The first-order chi connectivity index (χ1) is 9.58. The first-order valence-corrected chi connectivity index (χ1v) is 7.03. The highest BCUT2D eigenvalue weighted by Crippen LogP contribution is 2.15. The fourth-order valence-corrected chi connectivity index (χ4v) is 2.45. The molecule has 2 amide bonds. The van der Waals surface area contributed by atoms with Gasteiger partial charge < -0.3 is 14.4 Å². The third-order valence-corrected chi connectivity index (χ3v) is 3.62. The summed E-state index contributed by atoms with van der Waals surface area (Å²) in [6, 6.07) is -0.440. The summed E-state index contributed by atoms with van der Waals surface area (Å²) < 4.78 is 1.88. The highest BCUT2D eigenvalue weighted by Gasteiger charge is 2.36. The molecule has 7 heteroatoms. The van der Waals surface area contributed by atoms with Gasteiger partial charge in [-0.1, -0.05) is 6.92 Å². The van der Waals surface area contributed by atoms with Crippen molar-refractivity contribution in [2.45, 2.75) is 46.3 Å². The van der Waals surface area contributed by atoms with Crippen molar-refractivity contribution in [1.82, 2.24) is 24.6 Å². The molecule has 0 spiro atoms. The SMILES string of the molecule is CCCN1CC(=O)N(Cc2nncn2CC)[C@H](C)C1=O. The Labute approximate surface area is 118 Å². The van der Waals surface area contributed by atoms with Crippen LogP contribution in [0.15, 0.2) is 6.33 Å². The number of piperazine rings is 1. The van der Waals surface area contributed by atoms with Gasteiger partial charge in [0.05, 0.1) is 13.1 Å². The highest BCUT2D eigenvalue weighted by molar-refractivity contribution is 5.94. The Balaban J connectivity index is 2.13. The van der Waals surface area contributed by atoms with Gasteiger partial charge >= 0.3 is 0 Å². The quantitative estimate of drug-likeness (QED) is 0.775. The number of aromatic nitrogens is 3. The number of carbonyl (C=O) groups excluding carboxylic acids is 2. The number of hydrogen-bond donors (Lipinski definition) is 0. The molecule has 1 saturated heterocycles. The maximum Gasteiger partial charge on any atom is 0.245 e. The Morgan fingerprint density at radius 2 is 2.10 bits per heavy atom. The van der Waals surface area contributed by atoms with Gasteiger partial charge in [-0.05, 0) is 20.3 Å². The van der Waals surface area contributed by atoms with Crippen molar-refractivity contribution in [3.8, 4) is 0 Å². The van der Waals surface area contributed by atoms with Crippen molar-refractivity contribution in [2.75, 3.05) is 13.1 Å². The van der Waals surface area contributed by atoms with E-state index in [9.17, 15) is 9.59 Å². The first kappa shape index (κ1) is 14.5. The van der Waals surface area contributed by atoms with Crippen LogP contribution in [0.25, 0.3) is 0 Å². The van der Waals surface area contributed by atoms with Crippen LogP contribution in [0.5, 0.6) is 0 Å². The monoisotopic (exact) mass is 279 g/mol. The molecule has 1 atom stereocenters. The van der Waals surface area contributed by atoms with E-state index in [-0.39, 0.29) is 18.4 Å². The summed E-state index contributed by atoms with van der Waals surface area (Å²) >= 11 is 0. The standard InChI is InChI=1S/C13H21N5O2/c1-4-6-17-8-12(19)18(10(3)13(17)20)7-11-15-14-9-16(11)5-2/h9-10H,4-8H2,1-3H3/t10-/m1/s1. The fraction of sp³-hybridized carbons (Fsp3) is 0.692. The summed E-state index contributed by atoms with van der Waals surface area (Å²) in [6.45, 7) is 7.63. The molecule has 0 unspecified atom stereocenters. The molecular formula is C13H21N5O2. The van der Waals surface area contributed by atoms with E-state index in [1.165, 1.54) is 0 Å². The van der Waals surface area contributed by atoms with Crippen molar-refractivity contribution >= 4 is 11.8 Å². The average Bonchev–Trinajstić information content (AvgIpc) is 2.88. The molecule has 0 aromatic carbocycles. The number of carbonyl (C=O) groups is 2. The van der Waals surface area contributed by atoms with Crippen LogP contribution in [-0.2, 0) is 22.7 Å². The molecule has 0 bridgehead atoms. The molecular weight excluding hydrogens is 258 g/mol. The van der Waals surface area contributed by atoms with Gasteiger partial charge in [0.15, 0.2) is 5.82 Å². The van der Waals surface area contributed by atoms with Gasteiger partial charge in [0.2, 0.25) is 11.8 Å². The van der Waals surface area contributed by atoms with E-state index < -0.39 is 6.04 Å². The van der Waals surface area contributed by atoms with Crippen LogP contribution >= 0.6 is 0 Å². The minimum absolute atomic E-state index is 0.00835. The molecule has 0 radical (unpaired) electrons. The zero-order chi connectivity index (χ0) is 14.7. The lowest BCUT2D eigenvalue weighted by Crippen LogP contribution is -2.58. The van der Waals surface area contributed by atoms with Crippen molar-refractivity contribution in [3.05, 3.63) is 12.2 Å². The topological polar surface area (TPSA) is 71.3 Å². The van der Waals surface area contributed by atoms with Crippen LogP contribution in [0, 0.1) is 0 Å². The third-order valence-electron chi connectivity index (χ3n) is 3.62. The fourth-order valence-electron chi connectivity index (χ4n) is 2.45. The predicted molar refractivity (Wildman–Crippen MR) is 72.6 cm³/mol. The Morgan fingerprint density at radius 3 is 2.75 bits per heavy atom. The zero-order valence-corrected chi connectivity index (χ0v) is 12.2. The van der Waals surface area contributed by atoms with Gasteiger partial charge in [0.1, 0.15) is 12.4 Å². The summed E-state index contributed by atoms with van der Waals surface area (Å²) in [6.07, 6.45) is 2.50. The highest BCUT2D eigenvalue weighted by atomic mass is 16.2. The van der Waals surface area contributed by atoms with E-state index in [4.69, 9.17) is 0 Å². The van der Waals surface area contributed by atoms with Crippen LogP contribution < -0.4 is 0 Å². The molecule has 0 aliphatic carbocycles. The maximum atomic E-state index is 12.2. The minimum atomic E-state index is -0.440. The molecule has 2 heterocycles. The predicted octanol–water partition coefficient (Wildman–Crippen LogP) is 0.267. The molecule has 7 nitrogen and oxygen atoms in total. The molecule has 1 aliphatic heterocycles. The van der Waals surface area contributed by atoms with Crippen LogP contribution in [0.4, 0.5) is 0 Å². The number of hydrogen-bond acceptors (Lipinski definition) is 4. The lowest BCUT2D eigenvalue weighted by Gasteiger charge is -2.38. The summed E-state index contributed by atoms with van der Waals surface area (Å²) in [7, 11) is 0. The van der Waals surface area contributed by atoms with E-state index in [1.54, 1.807) is 23.1 Å². The average molecular weight is 279 g/mol. The Bertz CT molecular complexity index is 499. The van der Waals surface area contributed by atoms with Crippen LogP contribution in [0.3, 0.4) is 0 Å². The molecule has 1 fully saturated rings. The number of nitrogens with zero attached hydrogens (tertiary/aromatic N) is 5. The van der Waals surface area contributed by atoms with E-state index >= 15 is 0 Å². The smallest absolute Gasteiger partial charge is 0.245 e. The van der Waals surface area contributed by atoms with Gasteiger partial charge in [-0.3, -0.25) is 9.59 Å². The van der Waals surface area contributed by atoms with Crippen LogP contribution in [-0.4, -0.2) is 55.5 Å². The number of rotatable bonds is 5. The maximum absolute atomic E-state index is 12.2. The molecule has 20 heavy (non-hydrogen) atoms. The second-order valence-electron chi connectivity index (χ2n) is 4.99. The lowest BCUT2D eigenvalue weighted by molar-refractivity contribution is -0.155. The number of aryl methyl sites for hydroxylation is 1. The molecule has 1 aromatic rings. The molecule has 2 rings (SSSR count). The minimum Gasteiger partial charge on any atom is -0.332 e. The second kappa shape index (κ2) is 6.02. The summed E-state index contributed by atoms with van der Waals surface area (Å²) in [5.41, 5.74) is 0. The van der Waals surface area contributed by atoms with Gasteiger partial charge in [-0.15, -0.1) is 10.2 Å². The van der Waals surface area contributed by atoms with Crippen molar-refractivity contribution < 1.29 is 9.59 Å². The molecule has 1 aliphatic rings. The van der Waals surface area contributed by atoms with Crippen molar-refractivity contribution in [2.24, 2.45) is 0 Å². The van der Waals surface area contributed by atoms with Crippen molar-refractivity contribution in [3.63, 3.8) is 0 Å². The lowest BCUT2D eigenvalue weighted by atomic mass is 10.1. The summed E-state index contributed by atoms with van der Waals surface area (Å²) in [5.74, 6) is 0.689. The van der Waals surface area contributed by atoms with Gasteiger partial charge in [-0.25, -0.2) is 0 Å². The molecule has 0 N–H and O–H groups in total. The van der Waals surface area contributed by atoms with Crippen LogP contribution in [0.2, 0.25) is 0 Å². The Kier molecular flexibility index (Phi) is 4.36. The van der Waals surface area contributed by atoms with E-state index in [0.29, 0.717) is 18.9 Å². The first-order valence-electron chi connectivity index (χ1n) is 7.03. The van der Waals surface area contributed by atoms with Gasteiger partial charge in [0.25, 0.3) is 0 Å². The number of amides is 2. The normalized spacial score (nSPS) is 19.9. The molecule has 110 valence electrons. The zero-order valence-electron chi connectivity index (χ0n) is 12.2. The summed E-state index contributed by atoms with van der Waals surface area (Å²) in [5, 5.41) is 7.88. The Hall–Kier alpha value is -1.92. The summed E-state index contributed by atoms with van der Waals surface area (Å²) in [4.78, 5) is 27.7. The Morgan fingerprint density at radius 1 is 1.35 bits per heavy atom. The van der Waals surface area contributed by atoms with Gasteiger partial charge in [-0.2, -0.15) is 0 Å². The van der Waals surface area contributed by atoms with E-state index in [2.05, 4.69) is 10.2 Å².